The Morgan fingerprint density at radius 1 is 0.833 bits per heavy atom. The lowest BCUT2D eigenvalue weighted by Crippen LogP contribution is -2.41. The molecule has 0 N–H and O–H groups in total. The zero-order valence-electron chi connectivity index (χ0n) is 14.4. The van der Waals surface area contributed by atoms with Crippen LogP contribution in [-0.4, -0.2) is 24.6 Å². The second-order valence-corrected chi connectivity index (χ2v) is 6.95. The summed E-state index contributed by atoms with van der Waals surface area (Å²) in [6.45, 7) is 8.14. The Balaban J connectivity index is 1.70. The summed E-state index contributed by atoms with van der Waals surface area (Å²) < 4.78 is 17.9. The smallest absolute Gasteiger partial charge is 0.457 e. The molecule has 1 aliphatic heterocycles. The van der Waals surface area contributed by atoms with Crippen LogP contribution in [0.3, 0.4) is 0 Å². The minimum Gasteiger partial charge on any atom is -0.457 e. The van der Waals surface area contributed by atoms with Gasteiger partial charge in [0.05, 0.1) is 11.2 Å². The Morgan fingerprint density at radius 3 is 1.75 bits per heavy atom. The zero-order chi connectivity index (χ0) is 17.4. The van der Waals surface area contributed by atoms with Crippen LogP contribution in [0.15, 0.2) is 48.5 Å². The fourth-order valence-corrected chi connectivity index (χ4v) is 2.42. The average molecular weight is 324 g/mol. The van der Waals surface area contributed by atoms with Gasteiger partial charge in [-0.3, -0.25) is 4.79 Å². The number of hydrogen-bond acceptors (Lipinski definition) is 4. The molecule has 1 saturated heterocycles. The van der Waals surface area contributed by atoms with E-state index in [2.05, 4.69) is 0 Å². The molecule has 0 saturated carbocycles. The summed E-state index contributed by atoms with van der Waals surface area (Å²) in [5.41, 5.74) is 0.871. The van der Waals surface area contributed by atoms with Crippen LogP contribution in [0.4, 0.5) is 0 Å². The average Bonchev–Trinajstić information content (AvgIpc) is 2.77. The van der Waals surface area contributed by atoms with Crippen molar-refractivity contribution in [2.75, 3.05) is 0 Å². The van der Waals surface area contributed by atoms with E-state index in [1.165, 1.54) is 0 Å². The van der Waals surface area contributed by atoms with E-state index in [-0.39, 0.29) is 18.3 Å². The highest BCUT2D eigenvalue weighted by Crippen LogP contribution is 2.36. The molecule has 0 aromatic heterocycles. The van der Waals surface area contributed by atoms with Gasteiger partial charge in [0.2, 0.25) is 0 Å². The molecule has 0 aliphatic carbocycles. The Bertz CT molecular complexity index is 704. The van der Waals surface area contributed by atoms with Crippen LogP contribution >= 0.6 is 0 Å². The molecule has 0 atom stereocenters. The number of ether oxygens (including phenoxy) is 1. The summed E-state index contributed by atoms with van der Waals surface area (Å²) in [5, 5.41) is 0. The molecule has 0 bridgehead atoms. The minimum atomic E-state index is -0.379. The highest BCUT2D eigenvalue weighted by atomic mass is 16.7. The Morgan fingerprint density at radius 2 is 1.29 bits per heavy atom. The normalized spacial score (nSPS) is 18.4. The lowest BCUT2D eigenvalue weighted by atomic mass is 9.79. The quantitative estimate of drug-likeness (QED) is 0.637. The van der Waals surface area contributed by atoms with Gasteiger partial charge >= 0.3 is 7.12 Å². The van der Waals surface area contributed by atoms with Crippen LogP contribution in [0.25, 0.3) is 0 Å². The van der Waals surface area contributed by atoms with Gasteiger partial charge in [0.1, 0.15) is 17.8 Å². The summed E-state index contributed by atoms with van der Waals surface area (Å²) >= 11 is 0. The molecule has 0 amide bonds. The molecule has 0 spiro atoms. The number of carbonyl (C=O) groups excluding carboxylic acids is 1. The summed E-state index contributed by atoms with van der Waals surface area (Å²) in [6, 6.07) is 14.6. The summed E-state index contributed by atoms with van der Waals surface area (Å²) in [6.07, 6.45) is 0.809. The summed E-state index contributed by atoms with van der Waals surface area (Å²) in [7, 11) is -0.379. The molecule has 124 valence electrons. The highest BCUT2D eigenvalue weighted by molar-refractivity contribution is 6.62. The van der Waals surface area contributed by atoms with Crippen LogP contribution in [-0.2, 0) is 9.31 Å². The fraction of sp³-hybridized carbons (Fsp3) is 0.316. The minimum absolute atomic E-state index is 0.354. The van der Waals surface area contributed by atoms with Crippen molar-refractivity contribution >= 4 is 18.9 Å². The lowest BCUT2D eigenvalue weighted by molar-refractivity contribution is 0.00578. The van der Waals surface area contributed by atoms with Crippen molar-refractivity contribution in [2.45, 2.75) is 38.9 Å². The number of hydrogen-bond donors (Lipinski definition) is 0. The van der Waals surface area contributed by atoms with Gasteiger partial charge in [-0.2, -0.15) is 0 Å². The Labute approximate surface area is 142 Å². The van der Waals surface area contributed by atoms with Gasteiger partial charge in [-0.15, -0.1) is 0 Å². The molecule has 5 heteroatoms. The molecule has 2 aromatic carbocycles. The van der Waals surface area contributed by atoms with Crippen molar-refractivity contribution in [3.63, 3.8) is 0 Å². The van der Waals surface area contributed by atoms with Gasteiger partial charge in [-0.05, 0) is 69.6 Å². The van der Waals surface area contributed by atoms with E-state index in [9.17, 15) is 4.79 Å². The predicted octanol–water partition coefficient (Wildman–Crippen LogP) is 3.59. The molecule has 3 rings (SSSR count). The standard InChI is InChI=1S/C19H21BO4/c1-18(2)19(3,4)24-20(23-18)15-7-11-17(12-8-15)22-16-9-5-14(13-21)6-10-16/h5-13H,1-4H3. The second-order valence-electron chi connectivity index (χ2n) is 6.95. The van der Waals surface area contributed by atoms with Crippen LogP contribution < -0.4 is 10.2 Å². The third kappa shape index (κ3) is 3.23. The van der Waals surface area contributed by atoms with Crippen molar-refractivity contribution in [1.82, 2.24) is 0 Å². The number of carbonyl (C=O) groups is 1. The predicted molar refractivity (Wildman–Crippen MR) is 94.1 cm³/mol. The van der Waals surface area contributed by atoms with Crippen molar-refractivity contribution in [3.8, 4) is 11.5 Å². The maximum Gasteiger partial charge on any atom is 0.494 e. The third-order valence-electron chi connectivity index (χ3n) is 4.66. The maximum absolute atomic E-state index is 10.7. The first-order chi connectivity index (χ1) is 11.3. The number of aldehydes is 1. The molecular formula is C19H21BO4. The van der Waals surface area contributed by atoms with E-state index in [0.717, 1.165) is 11.7 Å². The highest BCUT2D eigenvalue weighted by Gasteiger charge is 2.51. The van der Waals surface area contributed by atoms with Gasteiger partial charge in [-0.25, -0.2) is 0 Å². The van der Waals surface area contributed by atoms with Gasteiger partial charge in [0.25, 0.3) is 0 Å². The van der Waals surface area contributed by atoms with Crippen LogP contribution in [0.2, 0.25) is 0 Å². The van der Waals surface area contributed by atoms with Crippen LogP contribution in [0, 0.1) is 0 Å². The van der Waals surface area contributed by atoms with E-state index in [0.29, 0.717) is 17.1 Å². The number of rotatable bonds is 4. The molecular weight excluding hydrogens is 303 g/mol. The van der Waals surface area contributed by atoms with Gasteiger partial charge in [0, 0.05) is 5.56 Å². The largest absolute Gasteiger partial charge is 0.494 e. The first-order valence-electron chi connectivity index (χ1n) is 7.99. The SMILES string of the molecule is CC1(C)OB(c2ccc(Oc3ccc(C=O)cc3)cc2)OC1(C)C. The first kappa shape index (κ1) is 16.7. The van der Waals surface area contributed by atoms with Crippen LogP contribution in [0.5, 0.6) is 11.5 Å². The maximum atomic E-state index is 10.7. The van der Waals surface area contributed by atoms with E-state index in [1.54, 1.807) is 24.3 Å². The molecule has 0 unspecified atom stereocenters. The van der Waals surface area contributed by atoms with E-state index in [4.69, 9.17) is 14.0 Å². The fourth-order valence-electron chi connectivity index (χ4n) is 2.42. The molecule has 1 heterocycles. The van der Waals surface area contributed by atoms with Crippen molar-refractivity contribution in [1.29, 1.82) is 0 Å². The van der Waals surface area contributed by atoms with E-state index < -0.39 is 0 Å². The van der Waals surface area contributed by atoms with Crippen molar-refractivity contribution in [3.05, 3.63) is 54.1 Å². The monoisotopic (exact) mass is 324 g/mol. The summed E-state index contributed by atoms with van der Waals surface area (Å²) in [5.74, 6) is 1.40. The lowest BCUT2D eigenvalue weighted by Gasteiger charge is -2.32. The first-order valence-corrected chi connectivity index (χ1v) is 7.99. The Hall–Kier alpha value is -2.11. The molecule has 1 fully saturated rings. The van der Waals surface area contributed by atoms with Crippen molar-refractivity contribution < 1.29 is 18.8 Å². The summed E-state index contributed by atoms with van der Waals surface area (Å²) in [4.78, 5) is 10.7. The van der Waals surface area contributed by atoms with Crippen LogP contribution in [0.1, 0.15) is 38.1 Å². The topological polar surface area (TPSA) is 44.8 Å². The third-order valence-corrected chi connectivity index (χ3v) is 4.66. The van der Waals surface area contributed by atoms with Gasteiger partial charge in [-0.1, -0.05) is 12.1 Å². The zero-order valence-corrected chi connectivity index (χ0v) is 14.4. The van der Waals surface area contributed by atoms with Crippen molar-refractivity contribution in [2.24, 2.45) is 0 Å². The molecule has 2 aromatic rings. The molecule has 24 heavy (non-hydrogen) atoms. The Kier molecular flexibility index (Phi) is 4.24. The van der Waals surface area contributed by atoms with Gasteiger partial charge in [0.15, 0.2) is 0 Å². The molecule has 1 aliphatic rings. The van der Waals surface area contributed by atoms with Gasteiger partial charge < -0.3 is 14.0 Å². The molecule has 4 nitrogen and oxygen atoms in total. The number of benzene rings is 2. The van der Waals surface area contributed by atoms with E-state index in [1.807, 2.05) is 52.0 Å². The molecule has 0 radical (unpaired) electrons. The van der Waals surface area contributed by atoms with E-state index >= 15 is 0 Å². The second kappa shape index (κ2) is 6.08.